The standard InChI is InChI=1S/C10H30N4Si2/c1-8-14(4)16(11-2,12-3)13-9-10-15(5,6)7/h11-13H,8-10H2,1-7H3. The van der Waals surface area contributed by atoms with E-state index in [1.807, 2.05) is 14.1 Å². The lowest BCUT2D eigenvalue weighted by Gasteiger charge is -2.38. The molecule has 0 aromatic carbocycles. The van der Waals surface area contributed by atoms with E-state index in [1.54, 1.807) is 0 Å². The Kier molecular flexibility index (Phi) is 6.99. The maximum absolute atomic E-state index is 3.72. The number of nitrogens with one attached hydrogen (secondary N) is 3. The average molecular weight is 263 g/mol. The van der Waals surface area contributed by atoms with Gasteiger partial charge in [-0.25, -0.2) is 0 Å². The third-order valence-electron chi connectivity index (χ3n) is 3.03. The molecule has 3 N–H and O–H groups in total. The monoisotopic (exact) mass is 262 g/mol. The summed E-state index contributed by atoms with van der Waals surface area (Å²) in [5, 5.41) is 0. The maximum atomic E-state index is 3.72. The summed E-state index contributed by atoms with van der Waals surface area (Å²) in [7, 11) is 3.46. The Balaban J connectivity index is 4.33. The molecule has 0 bridgehead atoms. The molecule has 0 aromatic rings. The fraction of sp³-hybridized carbons (Fsp3) is 1.00. The van der Waals surface area contributed by atoms with Crippen LogP contribution in [0.25, 0.3) is 0 Å². The Morgan fingerprint density at radius 3 is 1.88 bits per heavy atom. The van der Waals surface area contributed by atoms with Gasteiger partial charge in [-0.2, -0.15) is 0 Å². The predicted octanol–water partition coefficient (Wildman–Crippen LogP) is 0.740. The van der Waals surface area contributed by atoms with E-state index >= 15 is 0 Å². The molecular formula is C10H30N4Si2. The summed E-state index contributed by atoms with van der Waals surface area (Å²) in [6.07, 6.45) is 0. The van der Waals surface area contributed by atoms with Gasteiger partial charge in [-0.1, -0.05) is 26.6 Å². The molecule has 6 heteroatoms. The van der Waals surface area contributed by atoms with Crippen LogP contribution in [0, 0.1) is 0 Å². The SMILES string of the molecule is CCN(C)[Si](NC)(NC)NCC[Si](C)(C)C. The summed E-state index contributed by atoms with van der Waals surface area (Å²) in [5.41, 5.74) is 0. The van der Waals surface area contributed by atoms with Gasteiger partial charge in [-0.3, -0.25) is 4.57 Å². The van der Waals surface area contributed by atoms with Gasteiger partial charge in [-0.05, 0) is 40.3 Å². The van der Waals surface area contributed by atoms with E-state index in [0.717, 1.165) is 13.1 Å². The second-order valence-corrected chi connectivity index (χ2v) is 14.6. The van der Waals surface area contributed by atoms with Crippen LogP contribution in [0.4, 0.5) is 0 Å². The Hall–Kier alpha value is 0.274. The van der Waals surface area contributed by atoms with Crippen molar-refractivity contribution in [1.29, 1.82) is 0 Å². The topological polar surface area (TPSA) is 39.3 Å². The highest BCUT2D eigenvalue weighted by atomic mass is 28.4. The second-order valence-electron chi connectivity index (χ2n) is 5.46. The number of hydrogen-bond donors (Lipinski definition) is 3. The molecule has 0 amide bonds. The van der Waals surface area contributed by atoms with Gasteiger partial charge in [-0.15, -0.1) is 0 Å². The normalized spacial score (nSPS) is 13.5. The quantitative estimate of drug-likeness (QED) is 0.564. The number of nitrogens with zero attached hydrogens (tertiary/aromatic N) is 1. The zero-order valence-electron chi connectivity index (χ0n) is 12.1. The highest BCUT2D eigenvalue weighted by Gasteiger charge is 2.35. The predicted molar refractivity (Wildman–Crippen MR) is 78.3 cm³/mol. The third-order valence-corrected chi connectivity index (χ3v) is 8.45. The molecule has 0 aliphatic heterocycles. The zero-order valence-corrected chi connectivity index (χ0v) is 14.1. The van der Waals surface area contributed by atoms with Gasteiger partial charge in [0.15, 0.2) is 0 Å². The van der Waals surface area contributed by atoms with Gasteiger partial charge < -0.3 is 14.9 Å². The van der Waals surface area contributed by atoms with Crippen molar-refractivity contribution >= 4 is 16.8 Å². The van der Waals surface area contributed by atoms with Crippen molar-refractivity contribution in [3.8, 4) is 0 Å². The molecule has 0 atom stereocenters. The Labute approximate surface area is 104 Å². The Morgan fingerprint density at radius 1 is 1.06 bits per heavy atom. The summed E-state index contributed by atoms with van der Waals surface area (Å²) in [6.45, 7) is 11.6. The summed E-state index contributed by atoms with van der Waals surface area (Å²) < 4.78 is 2.37. The van der Waals surface area contributed by atoms with Gasteiger partial charge in [0, 0.05) is 8.07 Å². The molecule has 0 aliphatic rings. The summed E-state index contributed by atoms with van der Waals surface area (Å²) >= 11 is 0. The molecule has 0 fully saturated rings. The average Bonchev–Trinajstić information content (AvgIpc) is 2.22. The van der Waals surface area contributed by atoms with Crippen molar-refractivity contribution in [1.82, 2.24) is 19.5 Å². The van der Waals surface area contributed by atoms with Crippen molar-refractivity contribution in [2.45, 2.75) is 32.6 Å². The van der Waals surface area contributed by atoms with E-state index in [2.05, 4.69) is 53.1 Å². The Morgan fingerprint density at radius 2 is 1.56 bits per heavy atom. The maximum Gasteiger partial charge on any atom is 0.368 e. The highest BCUT2D eigenvalue weighted by Crippen LogP contribution is 2.07. The van der Waals surface area contributed by atoms with Crippen LogP contribution in [0.5, 0.6) is 0 Å². The van der Waals surface area contributed by atoms with E-state index in [0.29, 0.717) is 0 Å². The van der Waals surface area contributed by atoms with Gasteiger partial charge in [0.25, 0.3) is 0 Å². The van der Waals surface area contributed by atoms with Crippen molar-refractivity contribution in [2.24, 2.45) is 0 Å². The smallest absolute Gasteiger partial charge is 0.303 e. The first-order chi connectivity index (χ1) is 7.31. The molecule has 0 unspecified atom stereocenters. The molecule has 0 aliphatic carbocycles. The van der Waals surface area contributed by atoms with Crippen molar-refractivity contribution in [3.05, 3.63) is 0 Å². The van der Waals surface area contributed by atoms with Crippen molar-refractivity contribution in [2.75, 3.05) is 34.2 Å². The second kappa shape index (κ2) is 6.88. The van der Waals surface area contributed by atoms with Crippen LogP contribution in [-0.2, 0) is 0 Å². The first kappa shape index (κ1) is 16.3. The fourth-order valence-corrected chi connectivity index (χ4v) is 5.40. The number of rotatable bonds is 8. The molecule has 0 saturated carbocycles. The molecule has 0 rings (SSSR count). The van der Waals surface area contributed by atoms with E-state index in [4.69, 9.17) is 0 Å². The minimum atomic E-state index is -1.84. The Bertz CT molecular complexity index is 190. The highest BCUT2D eigenvalue weighted by molar-refractivity contribution is 6.76. The molecular weight excluding hydrogens is 232 g/mol. The van der Waals surface area contributed by atoms with Gasteiger partial charge in [0.2, 0.25) is 0 Å². The molecule has 98 valence electrons. The van der Waals surface area contributed by atoms with Crippen molar-refractivity contribution < 1.29 is 0 Å². The molecule has 0 aromatic heterocycles. The fourth-order valence-electron chi connectivity index (χ4n) is 1.67. The van der Waals surface area contributed by atoms with Crippen molar-refractivity contribution in [3.63, 3.8) is 0 Å². The van der Waals surface area contributed by atoms with Crippen LogP contribution >= 0.6 is 0 Å². The largest absolute Gasteiger partial charge is 0.368 e. The first-order valence-corrected chi connectivity index (χ1v) is 11.8. The number of hydrogen-bond acceptors (Lipinski definition) is 4. The summed E-state index contributed by atoms with van der Waals surface area (Å²) in [5.74, 6) is 0. The zero-order chi connectivity index (χ0) is 12.8. The molecule has 0 spiro atoms. The van der Waals surface area contributed by atoms with Gasteiger partial charge >= 0.3 is 8.72 Å². The minimum Gasteiger partial charge on any atom is -0.303 e. The van der Waals surface area contributed by atoms with Crippen LogP contribution < -0.4 is 14.9 Å². The minimum absolute atomic E-state index is 0.942. The lowest BCUT2D eigenvalue weighted by Crippen LogP contribution is -2.79. The van der Waals surface area contributed by atoms with Gasteiger partial charge in [0.05, 0.1) is 0 Å². The van der Waals surface area contributed by atoms with Crippen LogP contribution in [-0.4, -0.2) is 55.6 Å². The summed E-state index contributed by atoms with van der Waals surface area (Å²) in [6, 6.07) is 1.32. The molecule has 0 saturated heterocycles. The first-order valence-electron chi connectivity index (χ1n) is 6.15. The van der Waals surface area contributed by atoms with E-state index in [-0.39, 0.29) is 0 Å². The molecule has 4 nitrogen and oxygen atoms in total. The molecule has 0 heterocycles. The lowest BCUT2D eigenvalue weighted by atomic mass is 10.8. The van der Waals surface area contributed by atoms with E-state index < -0.39 is 16.8 Å². The van der Waals surface area contributed by atoms with E-state index in [9.17, 15) is 0 Å². The van der Waals surface area contributed by atoms with Gasteiger partial charge in [0.1, 0.15) is 0 Å². The third kappa shape index (κ3) is 5.07. The lowest BCUT2D eigenvalue weighted by molar-refractivity contribution is 0.480. The van der Waals surface area contributed by atoms with E-state index in [1.165, 1.54) is 6.04 Å². The van der Waals surface area contributed by atoms with Crippen LogP contribution in [0.2, 0.25) is 25.7 Å². The molecule has 0 radical (unpaired) electrons. The molecule has 16 heavy (non-hydrogen) atoms. The van der Waals surface area contributed by atoms with Crippen LogP contribution in [0.3, 0.4) is 0 Å². The van der Waals surface area contributed by atoms with Crippen LogP contribution in [0.1, 0.15) is 6.92 Å². The summed E-state index contributed by atoms with van der Waals surface area (Å²) in [4.78, 5) is 10.6. The van der Waals surface area contributed by atoms with Crippen LogP contribution in [0.15, 0.2) is 0 Å².